The quantitative estimate of drug-likeness (QED) is 0.833. The lowest BCUT2D eigenvalue weighted by Crippen LogP contribution is -2.43. The molecule has 1 heterocycles. The van der Waals surface area contributed by atoms with Crippen LogP contribution < -0.4 is 5.32 Å². The minimum atomic E-state index is -0.373. The molecule has 3 nitrogen and oxygen atoms in total. The summed E-state index contributed by atoms with van der Waals surface area (Å²) in [6.45, 7) is 1.01. The van der Waals surface area contributed by atoms with Crippen molar-refractivity contribution in [2.24, 2.45) is 0 Å². The number of methoxy groups -OCH3 is 1. The highest BCUT2D eigenvalue weighted by atomic mass is 32.2. The van der Waals surface area contributed by atoms with Crippen molar-refractivity contribution in [1.29, 1.82) is 0 Å². The van der Waals surface area contributed by atoms with Crippen LogP contribution in [0.15, 0.2) is 23.1 Å². The van der Waals surface area contributed by atoms with E-state index in [2.05, 4.69) is 23.5 Å². The van der Waals surface area contributed by atoms with E-state index in [1.165, 1.54) is 17.7 Å². The lowest BCUT2D eigenvalue weighted by molar-refractivity contribution is -0.151. The van der Waals surface area contributed by atoms with Crippen LogP contribution in [0.25, 0.3) is 0 Å². The van der Waals surface area contributed by atoms with Gasteiger partial charge in [-0.05, 0) is 30.5 Å². The summed E-state index contributed by atoms with van der Waals surface area (Å²) < 4.78 is 4.99. The third kappa shape index (κ3) is 1.70. The SMILES string of the molecule is COC(=O)C1(c2ccc3c(c2)SCCN3)CCC1. The van der Waals surface area contributed by atoms with Gasteiger partial charge in [-0.15, -0.1) is 11.8 Å². The maximum atomic E-state index is 12.0. The molecule has 2 aliphatic rings. The third-order valence-electron chi connectivity index (χ3n) is 3.99. The van der Waals surface area contributed by atoms with Crippen molar-refractivity contribution < 1.29 is 9.53 Å². The monoisotopic (exact) mass is 263 g/mol. The van der Waals surface area contributed by atoms with Gasteiger partial charge in [0.25, 0.3) is 0 Å². The summed E-state index contributed by atoms with van der Waals surface area (Å²) in [5.74, 6) is 1.00. The molecule has 1 aromatic carbocycles. The van der Waals surface area contributed by atoms with E-state index in [1.54, 1.807) is 0 Å². The predicted molar refractivity (Wildman–Crippen MR) is 73.2 cm³/mol. The fourth-order valence-corrected chi connectivity index (χ4v) is 3.70. The Balaban J connectivity index is 1.98. The highest BCUT2D eigenvalue weighted by Gasteiger charge is 2.47. The number of nitrogens with one attached hydrogen (secondary N) is 1. The van der Waals surface area contributed by atoms with Crippen molar-refractivity contribution in [3.05, 3.63) is 23.8 Å². The Bertz CT molecular complexity index is 483. The first-order valence-electron chi connectivity index (χ1n) is 6.36. The Morgan fingerprint density at radius 1 is 1.44 bits per heavy atom. The number of carbonyl (C=O) groups excluding carboxylic acids is 1. The number of hydrogen-bond donors (Lipinski definition) is 1. The molecule has 0 atom stereocenters. The van der Waals surface area contributed by atoms with Crippen molar-refractivity contribution in [3.8, 4) is 0 Å². The van der Waals surface area contributed by atoms with Crippen LogP contribution >= 0.6 is 11.8 Å². The molecule has 0 radical (unpaired) electrons. The fraction of sp³-hybridized carbons (Fsp3) is 0.500. The van der Waals surface area contributed by atoms with Crippen LogP contribution in [0.3, 0.4) is 0 Å². The first kappa shape index (κ1) is 11.9. The smallest absolute Gasteiger partial charge is 0.316 e. The predicted octanol–water partition coefficient (Wildman–Crippen LogP) is 2.80. The molecule has 1 N–H and O–H groups in total. The molecule has 1 aliphatic heterocycles. The molecular formula is C14H17NO2S. The molecule has 0 saturated heterocycles. The largest absolute Gasteiger partial charge is 0.468 e. The van der Waals surface area contributed by atoms with Gasteiger partial charge in [0.1, 0.15) is 0 Å². The number of ether oxygens (including phenoxy) is 1. The number of rotatable bonds is 2. The van der Waals surface area contributed by atoms with E-state index < -0.39 is 0 Å². The molecule has 96 valence electrons. The zero-order valence-electron chi connectivity index (χ0n) is 10.5. The van der Waals surface area contributed by atoms with Crippen LogP contribution in [-0.4, -0.2) is 25.4 Å². The Morgan fingerprint density at radius 2 is 2.28 bits per heavy atom. The summed E-state index contributed by atoms with van der Waals surface area (Å²) in [5, 5.41) is 3.38. The Hall–Kier alpha value is -1.16. The Morgan fingerprint density at radius 3 is 2.94 bits per heavy atom. The van der Waals surface area contributed by atoms with Crippen molar-refractivity contribution in [2.45, 2.75) is 29.6 Å². The normalized spacial score (nSPS) is 20.3. The summed E-state index contributed by atoms with van der Waals surface area (Å²) in [5.41, 5.74) is 1.94. The number of anilines is 1. The van der Waals surface area contributed by atoms with Crippen LogP contribution in [0.5, 0.6) is 0 Å². The molecule has 1 fully saturated rings. The van der Waals surface area contributed by atoms with Gasteiger partial charge in [0.05, 0.1) is 12.5 Å². The highest BCUT2D eigenvalue weighted by molar-refractivity contribution is 7.99. The van der Waals surface area contributed by atoms with Gasteiger partial charge in [-0.3, -0.25) is 4.79 Å². The molecule has 3 rings (SSSR count). The topological polar surface area (TPSA) is 38.3 Å². The van der Waals surface area contributed by atoms with E-state index >= 15 is 0 Å². The number of carbonyl (C=O) groups is 1. The van der Waals surface area contributed by atoms with Crippen molar-refractivity contribution in [2.75, 3.05) is 24.7 Å². The molecule has 1 aliphatic carbocycles. The van der Waals surface area contributed by atoms with Gasteiger partial charge in [-0.1, -0.05) is 12.5 Å². The van der Waals surface area contributed by atoms with Crippen LogP contribution in [0.2, 0.25) is 0 Å². The van der Waals surface area contributed by atoms with Gasteiger partial charge in [0.15, 0.2) is 0 Å². The molecule has 0 aromatic heterocycles. The Labute approximate surface area is 111 Å². The third-order valence-corrected chi connectivity index (χ3v) is 5.05. The zero-order valence-corrected chi connectivity index (χ0v) is 11.3. The van der Waals surface area contributed by atoms with E-state index in [-0.39, 0.29) is 11.4 Å². The first-order chi connectivity index (χ1) is 8.76. The van der Waals surface area contributed by atoms with Gasteiger partial charge in [-0.25, -0.2) is 0 Å². The van der Waals surface area contributed by atoms with Crippen LogP contribution in [-0.2, 0) is 14.9 Å². The molecule has 0 amide bonds. The summed E-state index contributed by atoms with van der Waals surface area (Å²) in [6, 6.07) is 6.34. The summed E-state index contributed by atoms with van der Waals surface area (Å²) in [7, 11) is 1.48. The Kier molecular flexibility index (Phi) is 2.98. The van der Waals surface area contributed by atoms with E-state index in [0.717, 1.165) is 37.1 Å². The van der Waals surface area contributed by atoms with Crippen LogP contribution in [0.4, 0.5) is 5.69 Å². The molecule has 0 bridgehead atoms. The second kappa shape index (κ2) is 4.50. The molecule has 1 saturated carbocycles. The highest BCUT2D eigenvalue weighted by Crippen LogP contribution is 2.46. The van der Waals surface area contributed by atoms with Crippen LogP contribution in [0, 0.1) is 0 Å². The summed E-state index contributed by atoms with van der Waals surface area (Å²) >= 11 is 1.86. The molecule has 1 aromatic rings. The van der Waals surface area contributed by atoms with Crippen molar-refractivity contribution in [1.82, 2.24) is 0 Å². The maximum Gasteiger partial charge on any atom is 0.316 e. The molecular weight excluding hydrogens is 246 g/mol. The second-order valence-corrected chi connectivity index (χ2v) is 6.05. The minimum absolute atomic E-state index is 0.0810. The van der Waals surface area contributed by atoms with E-state index in [1.807, 2.05) is 11.8 Å². The number of hydrogen-bond acceptors (Lipinski definition) is 4. The lowest BCUT2D eigenvalue weighted by Gasteiger charge is -2.39. The number of benzene rings is 1. The van der Waals surface area contributed by atoms with Crippen molar-refractivity contribution >= 4 is 23.4 Å². The first-order valence-corrected chi connectivity index (χ1v) is 7.34. The van der Waals surface area contributed by atoms with Crippen molar-refractivity contribution in [3.63, 3.8) is 0 Å². The van der Waals surface area contributed by atoms with Gasteiger partial charge in [-0.2, -0.15) is 0 Å². The second-order valence-electron chi connectivity index (χ2n) is 4.91. The van der Waals surface area contributed by atoms with E-state index in [9.17, 15) is 4.79 Å². The van der Waals surface area contributed by atoms with Gasteiger partial charge < -0.3 is 10.1 Å². The number of thioether (sulfide) groups is 1. The van der Waals surface area contributed by atoms with Crippen LogP contribution in [0.1, 0.15) is 24.8 Å². The summed E-state index contributed by atoms with van der Waals surface area (Å²) in [6.07, 6.45) is 2.94. The zero-order chi connectivity index (χ0) is 12.6. The van der Waals surface area contributed by atoms with E-state index in [0.29, 0.717) is 0 Å². The lowest BCUT2D eigenvalue weighted by atomic mass is 9.64. The standard InChI is InChI=1S/C14H17NO2S/c1-17-13(16)14(5-2-6-14)10-3-4-11-12(9-10)18-8-7-15-11/h3-4,9,15H,2,5-8H2,1H3. The number of fused-ring (bicyclic) bond motifs is 1. The van der Waals surface area contributed by atoms with E-state index in [4.69, 9.17) is 4.74 Å². The molecule has 18 heavy (non-hydrogen) atoms. The molecule has 0 unspecified atom stereocenters. The van der Waals surface area contributed by atoms with Gasteiger partial charge in [0.2, 0.25) is 0 Å². The molecule has 4 heteroatoms. The molecule has 0 spiro atoms. The fourth-order valence-electron chi connectivity index (χ4n) is 2.77. The number of esters is 1. The van der Waals surface area contributed by atoms with Gasteiger partial charge >= 0.3 is 5.97 Å². The average molecular weight is 263 g/mol. The minimum Gasteiger partial charge on any atom is -0.468 e. The average Bonchev–Trinajstić information content (AvgIpc) is 2.37. The maximum absolute atomic E-state index is 12.0. The summed E-state index contributed by atoms with van der Waals surface area (Å²) in [4.78, 5) is 13.3. The van der Waals surface area contributed by atoms with Gasteiger partial charge in [0, 0.05) is 22.9 Å².